The van der Waals surface area contributed by atoms with E-state index < -0.39 is 0 Å². The highest BCUT2D eigenvalue weighted by Crippen LogP contribution is 3.21. The van der Waals surface area contributed by atoms with Crippen LogP contribution in [0.25, 0.3) is 0 Å². The molecule has 0 N–H and O–H groups in total. The molecule has 0 aromatic carbocycles. The van der Waals surface area contributed by atoms with E-state index in [0.29, 0.717) is 0 Å². The molecule has 2 saturated heterocycles. The van der Waals surface area contributed by atoms with Crippen LogP contribution in [0, 0.1) is 0 Å². The minimum absolute atomic E-state index is 0.792. The summed E-state index contributed by atoms with van der Waals surface area (Å²) in [6, 6.07) is 0. The monoisotopic (exact) mass is 254 g/mol. The van der Waals surface area contributed by atoms with Crippen molar-refractivity contribution in [1.29, 1.82) is 0 Å². The standard InChI is InChI=1S/H6P8/c1-3-7(4-1)8-5-2-6-8/h1-6H. The maximum atomic E-state index is 1.50. The van der Waals surface area contributed by atoms with E-state index in [1.54, 1.807) is 0 Å². The van der Waals surface area contributed by atoms with E-state index in [9.17, 15) is 0 Å². The molecular formula is H6P8. The lowest BCUT2D eigenvalue weighted by molar-refractivity contribution is 4.58. The Morgan fingerprint density at radius 2 is 1.00 bits per heavy atom. The zero-order valence-electron chi connectivity index (χ0n) is 3.89. The van der Waals surface area contributed by atoms with Crippen molar-refractivity contribution < 1.29 is 0 Å². The third-order valence-corrected chi connectivity index (χ3v) is 68.6. The van der Waals surface area contributed by atoms with Crippen molar-refractivity contribution in [2.75, 3.05) is 0 Å². The first-order chi connectivity index (χ1) is 3.97. The zero-order valence-corrected chi connectivity index (χ0v) is 11.7. The number of hydrogen-bond donors (Lipinski definition) is 0. The second-order valence-electron chi connectivity index (χ2n) is 1.32. The molecule has 2 rings (SSSR count). The van der Waals surface area contributed by atoms with Gasteiger partial charge in [-0.25, -0.2) is 0 Å². The van der Waals surface area contributed by atoms with E-state index in [-0.39, 0.29) is 0 Å². The van der Waals surface area contributed by atoms with E-state index >= 15 is 0 Å². The first-order valence-electron chi connectivity index (χ1n) is 2.09. The smallest absolute Gasteiger partial charge is 0.0192 e. The fraction of sp³-hybridized carbons (Fsp3) is 0. The predicted octanol–water partition coefficient (Wildman–Crippen LogP) is 5.28. The van der Waals surface area contributed by atoms with Gasteiger partial charge in [0.15, 0.2) is 0 Å². The lowest BCUT2D eigenvalue weighted by Gasteiger charge is -2.38. The molecule has 0 amide bonds. The van der Waals surface area contributed by atoms with Crippen molar-refractivity contribution in [3.05, 3.63) is 0 Å². The molecule has 0 radical (unpaired) electrons. The van der Waals surface area contributed by atoms with E-state index in [2.05, 4.69) is 0 Å². The van der Waals surface area contributed by atoms with Crippen molar-refractivity contribution in [2.45, 2.75) is 0 Å². The molecule has 0 saturated carbocycles. The normalized spacial score (nSPS) is 63.0. The second kappa shape index (κ2) is 3.90. The first kappa shape index (κ1) is 8.06. The molecule has 0 spiro atoms. The van der Waals surface area contributed by atoms with Gasteiger partial charge in [0, 0.05) is 0 Å². The summed E-state index contributed by atoms with van der Waals surface area (Å²) in [6.07, 6.45) is 0. The van der Waals surface area contributed by atoms with Crippen molar-refractivity contribution in [3.63, 3.8) is 0 Å². The third kappa shape index (κ3) is 1.78. The molecule has 46 valence electrons. The number of hydrogen-bond acceptors (Lipinski definition) is 0. The Morgan fingerprint density at radius 3 is 1.12 bits per heavy atom. The van der Waals surface area contributed by atoms with Gasteiger partial charge in [-0.05, 0) is 14.0 Å². The molecule has 2 aliphatic heterocycles. The Balaban J connectivity index is 1.79. The van der Waals surface area contributed by atoms with Gasteiger partial charge in [0.1, 0.15) is 0 Å². The van der Waals surface area contributed by atoms with E-state index in [1.807, 2.05) is 0 Å². The van der Waals surface area contributed by atoms with Crippen LogP contribution in [-0.2, 0) is 0 Å². The maximum Gasteiger partial charge on any atom is -0.0192 e. The summed E-state index contributed by atoms with van der Waals surface area (Å²) in [5, 5.41) is 0. The minimum atomic E-state index is 0.792. The molecule has 4 unspecified atom stereocenters. The van der Waals surface area contributed by atoms with Crippen LogP contribution in [0.4, 0.5) is 0 Å². The molecular weight excluding hydrogens is 248 g/mol. The summed E-state index contributed by atoms with van der Waals surface area (Å²) in [4.78, 5) is 0. The summed E-state index contributed by atoms with van der Waals surface area (Å²) < 4.78 is 0. The van der Waals surface area contributed by atoms with Gasteiger partial charge in [0.25, 0.3) is 0 Å². The van der Waals surface area contributed by atoms with Crippen molar-refractivity contribution in [1.82, 2.24) is 0 Å². The lowest BCUT2D eigenvalue weighted by Crippen LogP contribution is -1.48. The minimum Gasteiger partial charge on any atom is -0.0665 e. The van der Waals surface area contributed by atoms with Gasteiger partial charge in [-0.3, -0.25) is 0 Å². The third-order valence-electron chi connectivity index (χ3n) is 0.847. The second-order valence-corrected chi connectivity index (χ2v) is 35.7. The van der Waals surface area contributed by atoms with Crippen LogP contribution in [0.3, 0.4) is 0 Å². The van der Waals surface area contributed by atoms with Crippen LogP contribution in [0.1, 0.15) is 0 Å². The highest BCUT2D eigenvalue weighted by Gasteiger charge is 2.30. The van der Waals surface area contributed by atoms with Crippen LogP contribution in [-0.4, -0.2) is 0 Å². The molecule has 0 aromatic rings. The molecule has 0 bridgehead atoms. The molecule has 8 heteroatoms. The van der Waals surface area contributed by atoms with Crippen LogP contribution in [0.2, 0.25) is 0 Å². The highest BCUT2D eigenvalue weighted by atomic mass is 33.3. The molecule has 2 heterocycles. The maximum absolute atomic E-state index is 1.50. The summed E-state index contributed by atoms with van der Waals surface area (Å²) in [6.45, 7) is 1.58. The highest BCUT2D eigenvalue weighted by molar-refractivity contribution is 9.27. The van der Waals surface area contributed by atoms with E-state index in [4.69, 9.17) is 0 Å². The van der Waals surface area contributed by atoms with Gasteiger partial charge in [0.2, 0.25) is 0 Å². The van der Waals surface area contributed by atoms with Crippen LogP contribution in [0.15, 0.2) is 0 Å². The Morgan fingerprint density at radius 1 is 0.625 bits per heavy atom. The van der Waals surface area contributed by atoms with Gasteiger partial charge < -0.3 is 0 Å². The largest absolute Gasteiger partial charge is 0.0665 e. The zero-order chi connectivity index (χ0) is 5.40. The summed E-state index contributed by atoms with van der Waals surface area (Å²) >= 11 is 0. The SMILES string of the molecule is P1PP(P2PPP2)P1. The molecule has 4 atom stereocenters. The summed E-state index contributed by atoms with van der Waals surface area (Å²) in [7, 11) is 8.90. The Bertz CT molecular complexity index is 66.0. The fourth-order valence-corrected chi connectivity index (χ4v) is 82.0. The Kier molecular flexibility index (Phi) is 3.93. The Labute approximate surface area is 61.9 Å². The van der Waals surface area contributed by atoms with Crippen molar-refractivity contribution >= 4 is 61.7 Å². The van der Waals surface area contributed by atoms with Gasteiger partial charge in [-0.1, -0.05) is 47.7 Å². The van der Waals surface area contributed by atoms with Crippen LogP contribution in [0.5, 0.6) is 0 Å². The van der Waals surface area contributed by atoms with Gasteiger partial charge in [0.05, 0.1) is 0 Å². The quantitative estimate of drug-likeness (QED) is 0.558. The topological polar surface area (TPSA) is 0 Å². The molecule has 2 fully saturated rings. The number of rotatable bonds is 1. The predicted molar refractivity (Wildman–Crippen MR) is 63.7 cm³/mol. The van der Waals surface area contributed by atoms with Crippen LogP contribution >= 0.6 is 61.7 Å². The fourth-order valence-electron chi connectivity index (χ4n) is 0.412. The lowest BCUT2D eigenvalue weighted by atomic mass is 28.6. The summed E-state index contributed by atoms with van der Waals surface area (Å²) in [5.74, 6) is 0. The van der Waals surface area contributed by atoms with E-state index in [0.717, 1.165) is 14.0 Å². The van der Waals surface area contributed by atoms with Gasteiger partial charge in [-0.2, -0.15) is 0 Å². The Hall–Kier alpha value is 3.44. The molecule has 2 aliphatic rings. The van der Waals surface area contributed by atoms with E-state index in [1.165, 1.54) is 47.7 Å². The summed E-state index contributed by atoms with van der Waals surface area (Å²) in [5.41, 5.74) is 0. The van der Waals surface area contributed by atoms with Gasteiger partial charge in [-0.15, -0.1) is 0 Å². The van der Waals surface area contributed by atoms with Crippen LogP contribution < -0.4 is 0 Å². The van der Waals surface area contributed by atoms with Gasteiger partial charge >= 0.3 is 0 Å². The first-order valence-corrected chi connectivity index (χ1v) is 18.8. The average molecular weight is 254 g/mol. The molecule has 0 aromatic heterocycles. The van der Waals surface area contributed by atoms with Crippen molar-refractivity contribution in [2.24, 2.45) is 0 Å². The van der Waals surface area contributed by atoms with Crippen molar-refractivity contribution in [3.8, 4) is 0 Å². The average Bonchev–Trinajstić information content (AvgIpc) is 1.47. The molecule has 8 heavy (non-hydrogen) atoms. The molecule has 0 aliphatic carbocycles. The molecule has 0 nitrogen and oxygen atoms in total.